The molecular weight excluding hydrogens is 452 g/mol. The molecule has 0 aliphatic heterocycles. The van der Waals surface area contributed by atoms with Crippen molar-refractivity contribution in [3.8, 4) is 0 Å². The molecule has 0 spiro atoms. The van der Waals surface area contributed by atoms with Gasteiger partial charge in [-0.05, 0) is 36.4 Å². The average molecular weight is 476 g/mol. The molecule has 3 aromatic carbocycles. The van der Waals surface area contributed by atoms with Gasteiger partial charge in [-0.25, -0.2) is 14.4 Å². The third kappa shape index (κ3) is 7.09. The predicted octanol–water partition coefficient (Wildman–Crippen LogP) is 3.24. The summed E-state index contributed by atoms with van der Waals surface area (Å²) in [5.74, 6) is -2.37. The Morgan fingerprint density at radius 3 is 1.37 bits per heavy atom. The second kappa shape index (κ2) is 12.8. The van der Waals surface area contributed by atoms with Crippen molar-refractivity contribution >= 4 is 24.2 Å². The maximum Gasteiger partial charge on any atom is 0.338 e. The molecule has 3 aromatic rings. The molecular formula is C27H24O8. The Labute approximate surface area is 202 Å². The minimum Gasteiger partial charge on any atom is -0.454 e. The first kappa shape index (κ1) is 25.3. The molecule has 180 valence electrons. The van der Waals surface area contributed by atoms with Crippen LogP contribution in [0.3, 0.4) is 0 Å². The van der Waals surface area contributed by atoms with Crippen molar-refractivity contribution in [2.75, 3.05) is 6.61 Å². The third-order valence-electron chi connectivity index (χ3n) is 5.03. The van der Waals surface area contributed by atoms with Crippen molar-refractivity contribution in [3.63, 3.8) is 0 Å². The number of benzene rings is 3. The number of carbonyl (C=O) groups is 4. The Morgan fingerprint density at radius 1 is 0.629 bits per heavy atom. The van der Waals surface area contributed by atoms with Crippen molar-refractivity contribution in [2.45, 2.75) is 24.7 Å². The van der Waals surface area contributed by atoms with Crippen LogP contribution in [0.15, 0.2) is 91.0 Å². The lowest BCUT2D eigenvalue weighted by atomic mass is 10.0. The highest BCUT2D eigenvalue weighted by atomic mass is 16.6. The van der Waals surface area contributed by atoms with Crippen LogP contribution >= 0.6 is 0 Å². The van der Waals surface area contributed by atoms with E-state index in [2.05, 4.69) is 0 Å². The first-order chi connectivity index (χ1) is 17.0. The van der Waals surface area contributed by atoms with Gasteiger partial charge in [-0.1, -0.05) is 54.6 Å². The highest BCUT2D eigenvalue weighted by molar-refractivity contribution is 5.91. The molecule has 8 nitrogen and oxygen atoms in total. The van der Waals surface area contributed by atoms with Crippen LogP contribution in [0, 0.1) is 0 Å². The molecule has 0 bridgehead atoms. The van der Waals surface area contributed by atoms with Crippen molar-refractivity contribution in [1.29, 1.82) is 0 Å². The van der Waals surface area contributed by atoms with Crippen LogP contribution in [0.1, 0.15) is 37.5 Å². The molecule has 0 aliphatic rings. The summed E-state index contributed by atoms with van der Waals surface area (Å²) in [6.07, 6.45) is -4.12. The summed E-state index contributed by atoms with van der Waals surface area (Å²) in [4.78, 5) is 49.6. The van der Waals surface area contributed by atoms with Gasteiger partial charge in [-0.15, -0.1) is 0 Å². The standard InChI is InChI=1S/C27H24O8/c28-17-16-22(33-25(30)19-10-4-1-5-11-19)24(35-27(32)21-14-8-3-9-15-21)23(18-29)34-26(31)20-12-6-2-7-13-20/h1-15,17,22-24,29H,16,18H2/t22-,23-,24-/m0/s1. The van der Waals surface area contributed by atoms with Gasteiger partial charge < -0.3 is 24.1 Å². The smallest absolute Gasteiger partial charge is 0.338 e. The van der Waals surface area contributed by atoms with E-state index in [-0.39, 0.29) is 23.1 Å². The number of carbonyl (C=O) groups excluding carboxylic acids is 4. The summed E-state index contributed by atoms with van der Waals surface area (Å²) >= 11 is 0. The first-order valence-corrected chi connectivity index (χ1v) is 10.9. The van der Waals surface area contributed by atoms with Gasteiger partial charge in [-0.3, -0.25) is 0 Å². The maximum absolute atomic E-state index is 12.8. The second-order valence-electron chi connectivity index (χ2n) is 7.44. The Morgan fingerprint density at radius 2 is 1.00 bits per heavy atom. The molecule has 0 saturated carbocycles. The van der Waals surface area contributed by atoms with Crippen LogP contribution < -0.4 is 0 Å². The zero-order valence-corrected chi connectivity index (χ0v) is 18.7. The van der Waals surface area contributed by atoms with Crippen molar-refractivity contribution < 1.29 is 38.5 Å². The fraction of sp³-hybridized carbons (Fsp3) is 0.185. The normalized spacial score (nSPS) is 13.1. The minimum absolute atomic E-state index is 0.183. The number of aldehydes is 1. The summed E-state index contributed by atoms with van der Waals surface area (Å²) in [5.41, 5.74) is 0.591. The maximum atomic E-state index is 12.8. The van der Waals surface area contributed by atoms with E-state index in [1.54, 1.807) is 54.6 Å². The van der Waals surface area contributed by atoms with E-state index >= 15 is 0 Å². The molecule has 0 radical (unpaired) electrons. The molecule has 35 heavy (non-hydrogen) atoms. The highest BCUT2D eigenvalue weighted by Gasteiger charge is 2.38. The minimum atomic E-state index is -1.47. The zero-order chi connectivity index (χ0) is 25.0. The van der Waals surface area contributed by atoms with Crippen LogP contribution in [0.5, 0.6) is 0 Å². The van der Waals surface area contributed by atoms with E-state index in [1.165, 1.54) is 36.4 Å². The fourth-order valence-corrected chi connectivity index (χ4v) is 3.27. The van der Waals surface area contributed by atoms with Crippen LogP contribution in [-0.2, 0) is 19.0 Å². The van der Waals surface area contributed by atoms with Crippen molar-refractivity contribution in [3.05, 3.63) is 108 Å². The van der Waals surface area contributed by atoms with Gasteiger partial charge in [0.05, 0.1) is 23.3 Å². The highest BCUT2D eigenvalue weighted by Crippen LogP contribution is 2.20. The van der Waals surface area contributed by atoms with Crippen molar-refractivity contribution in [2.24, 2.45) is 0 Å². The van der Waals surface area contributed by atoms with Gasteiger partial charge in [0, 0.05) is 6.42 Å². The zero-order valence-electron chi connectivity index (χ0n) is 18.7. The summed E-state index contributed by atoms with van der Waals surface area (Å²) < 4.78 is 16.5. The average Bonchev–Trinajstić information content (AvgIpc) is 2.91. The molecule has 0 heterocycles. The summed E-state index contributed by atoms with van der Waals surface area (Å²) in [7, 11) is 0. The molecule has 0 aromatic heterocycles. The monoisotopic (exact) mass is 476 g/mol. The molecule has 0 aliphatic carbocycles. The van der Waals surface area contributed by atoms with E-state index < -0.39 is 42.8 Å². The molecule has 0 amide bonds. The number of aliphatic hydroxyl groups is 1. The molecule has 1 N–H and O–H groups in total. The number of rotatable bonds is 11. The van der Waals surface area contributed by atoms with Gasteiger partial charge in [0.15, 0.2) is 12.2 Å². The third-order valence-corrected chi connectivity index (χ3v) is 5.03. The van der Waals surface area contributed by atoms with Crippen molar-refractivity contribution in [1.82, 2.24) is 0 Å². The Hall–Kier alpha value is -4.30. The van der Waals surface area contributed by atoms with E-state index in [9.17, 15) is 24.3 Å². The topological polar surface area (TPSA) is 116 Å². The van der Waals surface area contributed by atoms with Gasteiger partial charge in [0.2, 0.25) is 0 Å². The largest absolute Gasteiger partial charge is 0.454 e. The Kier molecular flexibility index (Phi) is 9.27. The molecule has 0 unspecified atom stereocenters. The number of hydrogen-bond donors (Lipinski definition) is 1. The van der Waals surface area contributed by atoms with Crippen LogP contribution in [0.4, 0.5) is 0 Å². The Bertz CT molecular complexity index is 1120. The van der Waals surface area contributed by atoms with Gasteiger partial charge in [0.1, 0.15) is 12.4 Å². The van der Waals surface area contributed by atoms with Crippen LogP contribution in [-0.4, -0.2) is 54.2 Å². The Balaban J connectivity index is 1.90. The number of esters is 3. The molecule has 0 fully saturated rings. The predicted molar refractivity (Wildman–Crippen MR) is 125 cm³/mol. The van der Waals surface area contributed by atoms with E-state index in [0.717, 1.165) is 0 Å². The lowest BCUT2D eigenvalue weighted by Crippen LogP contribution is -2.47. The number of aliphatic hydroxyl groups excluding tert-OH is 1. The van der Waals surface area contributed by atoms with E-state index in [4.69, 9.17) is 14.2 Å². The van der Waals surface area contributed by atoms with Gasteiger partial charge in [-0.2, -0.15) is 0 Å². The quantitative estimate of drug-likeness (QED) is 0.255. The van der Waals surface area contributed by atoms with Crippen LogP contribution in [0.25, 0.3) is 0 Å². The van der Waals surface area contributed by atoms with Crippen LogP contribution in [0.2, 0.25) is 0 Å². The SMILES string of the molecule is O=CC[C@H](OC(=O)c1ccccc1)[C@H](OC(=O)c1ccccc1)[C@H](CO)OC(=O)c1ccccc1. The van der Waals surface area contributed by atoms with Gasteiger partial charge in [0.25, 0.3) is 0 Å². The van der Waals surface area contributed by atoms with Gasteiger partial charge >= 0.3 is 17.9 Å². The van der Waals surface area contributed by atoms with E-state index in [0.29, 0.717) is 6.29 Å². The summed E-state index contributed by atoms with van der Waals surface area (Å²) in [6.45, 7) is -0.760. The molecule has 3 rings (SSSR count). The fourth-order valence-electron chi connectivity index (χ4n) is 3.27. The number of hydrogen-bond acceptors (Lipinski definition) is 8. The number of ether oxygens (including phenoxy) is 3. The first-order valence-electron chi connectivity index (χ1n) is 10.9. The lowest BCUT2D eigenvalue weighted by molar-refractivity contribution is -0.119. The molecule has 3 atom stereocenters. The lowest BCUT2D eigenvalue weighted by Gasteiger charge is -2.31. The van der Waals surface area contributed by atoms with E-state index in [1.807, 2.05) is 0 Å². The second-order valence-corrected chi connectivity index (χ2v) is 7.44. The summed E-state index contributed by atoms with van der Waals surface area (Å²) in [5, 5.41) is 10.0. The summed E-state index contributed by atoms with van der Waals surface area (Å²) in [6, 6.07) is 24.0. The molecule has 8 heteroatoms. The molecule has 0 saturated heterocycles.